The van der Waals surface area contributed by atoms with Crippen LogP contribution in [0.4, 0.5) is 0 Å². The van der Waals surface area contributed by atoms with E-state index in [1.807, 2.05) is 0 Å². The summed E-state index contributed by atoms with van der Waals surface area (Å²) in [5.41, 5.74) is 0.376. The van der Waals surface area contributed by atoms with Crippen molar-refractivity contribution < 1.29 is 23.8 Å². The summed E-state index contributed by atoms with van der Waals surface area (Å²) in [7, 11) is 1.54. The van der Waals surface area contributed by atoms with Crippen molar-refractivity contribution in [2.24, 2.45) is 0 Å². The maximum absolute atomic E-state index is 12.9. The standard InChI is InChI=1S/C19H15ClO6/c1-10(19(22)23)25-18-16(21)14-9-12(20)5-8-15(14)26-17(18)11-3-6-13(24-2)7-4-11/h3-10H,1-2H3,(H,22,23). The number of carboxylic acid groups (broad SMARTS) is 1. The number of carboxylic acids is 1. The summed E-state index contributed by atoms with van der Waals surface area (Å²) < 4.78 is 16.4. The highest BCUT2D eigenvalue weighted by Crippen LogP contribution is 2.33. The van der Waals surface area contributed by atoms with Crippen molar-refractivity contribution in [3.8, 4) is 22.8 Å². The van der Waals surface area contributed by atoms with Crippen LogP contribution < -0.4 is 14.9 Å². The Morgan fingerprint density at radius 3 is 2.50 bits per heavy atom. The van der Waals surface area contributed by atoms with Crippen molar-refractivity contribution in [3.05, 3.63) is 57.7 Å². The molecule has 1 aromatic heterocycles. The lowest BCUT2D eigenvalue weighted by atomic mass is 10.1. The van der Waals surface area contributed by atoms with Gasteiger partial charge in [-0.2, -0.15) is 0 Å². The third-order valence-corrected chi connectivity index (χ3v) is 4.04. The first-order chi connectivity index (χ1) is 12.4. The molecule has 26 heavy (non-hydrogen) atoms. The van der Waals surface area contributed by atoms with Crippen molar-refractivity contribution in [1.29, 1.82) is 0 Å². The van der Waals surface area contributed by atoms with E-state index >= 15 is 0 Å². The molecule has 3 aromatic rings. The smallest absolute Gasteiger partial charge is 0.344 e. The first kappa shape index (κ1) is 17.8. The molecule has 1 N–H and O–H groups in total. The predicted octanol–water partition coefficient (Wildman–Crippen LogP) is 3.97. The van der Waals surface area contributed by atoms with Gasteiger partial charge in [-0.1, -0.05) is 11.6 Å². The van der Waals surface area contributed by atoms with E-state index in [0.717, 1.165) is 0 Å². The second-order valence-corrected chi connectivity index (χ2v) is 5.99. The average Bonchev–Trinajstić information content (AvgIpc) is 2.64. The fraction of sp³-hybridized carbons (Fsp3) is 0.158. The van der Waals surface area contributed by atoms with Crippen molar-refractivity contribution in [2.75, 3.05) is 7.11 Å². The fourth-order valence-electron chi connectivity index (χ4n) is 2.42. The summed E-state index contributed by atoms with van der Waals surface area (Å²) >= 11 is 5.96. The first-order valence-corrected chi connectivity index (χ1v) is 8.08. The molecule has 134 valence electrons. The molecule has 0 radical (unpaired) electrons. The second kappa shape index (κ2) is 7.09. The number of aliphatic carboxylic acids is 1. The molecular formula is C19H15ClO6. The van der Waals surface area contributed by atoms with E-state index in [0.29, 0.717) is 21.9 Å². The molecule has 1 atom stereocenters. The van der Waals surface area contributed by atoms with Crippen molar-refractivity contribution in [3.63, 3.8) is 0 Å². The van der Waals surface area contributed by atoms with Crippen LogP contribution in [0.1, 0.15) is 6.92 Å². The number of halogens is 1. The highest BCUT2D eigenvalue weighted by molar-refractivity contribution is 6.31. The quantitative estimate of drug-likeness (QED) is 0.727. The van der Waals surface area contributed by atoms with E-state index in [1.165, 1.54) is 20.1 Å². The summed E-state index contributed by atoms with van der Waals surface area (Å²) in [6, 6.07) is 11.4. The zero-order chi connectivity index (χ0) is 18.8. The van der Waals surface area contributed by atoms with Gasteiger partial charge in [0.15, 0.2) is 11.9 Å². The number of methoxy groups -OCH3 is 1. The molecule has 1 heterocycles. The second-order valence-electron chi connectivity index (χ2n) is 5.56. The Balaban J connectivity index is 2.25. The van der Waals surface area contributed by atoms with Crippen LogP contribution >= 0.6 is 11.6 Å². The van der Waals surface area contributed by atoms with E-state index in [9.17, 15) is 9.59 Å². The summed E-state index contributed by atoms with van der Waals surface area (Å²) in [6.07, 6.45) is -1.23. The molecule has 7 heteroatoms. The first-order valence-electron chi connectivity index (χ1n) is 7.71. The van der Waals surface area contributed by atoms with Crippen molar-refractivity contribution in [2.45, 2.75) is 13.0 Å². The zero-order valence-electron chi connectivity index (χ0n) is 14.0. The van der Waals surface area contributed by atoms with Crippen LogP contribution in [-0.4, -0.2) is 24.3 Å². The molecule has 6 nitrogen and oxygen atoms in total. The lowest BCUT2D eigenvalue weighted by Gasteiger charge is -2.14. The van der Waals surface area contributed by atoms with Gasteiger partial charge < -0.3 is 19.0 Å². The Morgan fingerprint density at radius 1 is 1.19 bits per heavy atom. The Morgan fingerprint density at radius 2 is 1.88 bits per heavy atom. The normalized spacial score (nSPS) is 12.0. The summed E-state index contributed by atoms with van der Waals surface area (Å²) in [5, 5.41) is 9.70. The summed E-state index contributed by atoms with van der Waals surface area (Å²) in [6.45, 7) is 1.34. The number of carbonyl (C=O) groups is 1. The van der Waals surface area contributed by atoms with Gasteiger partial charge in [-0.25, -0.2) is 4.79 Å². The number of rotatable bonds is 5. The van der Waals surface area contributed by atoms with Crippen LogP contribution in [0.25, 0.3) is 22.3 Å². The van der Waals surface area contributed by atoms with Gasteiger partial charge in [0, 0.05) is 10.6 Å². The predicted molar refractivity (Wildman–Crippen MR) is 97.2 cm³/mol. The van der Waals surface area contributed by atoms with Crippen LogP contribution in [0.2, 0.25) is 5.02 Å². The molecule has 1 unspecified atom stereocenters. The number of ether oxygens (including phenoxy) is 2. The largest absolute Gasteiger partial charge is 0.497 e. The van der Waals surface area contributed by atoms with Gasteiger partial charge in [0.2, 0.25) is 11.2 Å². The van der Waals surface area contributed by atoms with Crippen LogP contribution in [0.5, 0.6) is 11.5 Å². The molecule has 0 bridgehead atoms. The molecule has 2 aromatic carbocycles. The molecule has 0 fully saturated rings. The molecule has 0 saturated heterocycles. The van der Waals surface area contributed by atoms with Gasteiger partial charge in [-0.15, -0.1) is 0 Å². The van der Waals surface area contributed by atoms with E-state index in [2.05, 4.69) is 0 Å². The summed E-state index contributed by atoms with van der Waals surface area (Å²) in [5.74, 6) is -0.610. The molecule has 0 aliphatic heterocycles. The zero-order valence-corrected chi connectivity index (χ0v) is 14.7. The lowest BCUT2D eigenvalue weighted by Crippen LogP contribution is -2.26. The third-order valence-electron chi connectivity index (χ3n) is 3.81. The van der Waals surface area contributed by atoms with Crippen LogP contribution in [0.3, 0.4) is 0 Å². The molecule has 0 saturated carbocycles. The number of benzene rings is 2. The highest BCUT2D eigenvalue weighted by atomic mass is 35.5. The maximum atomic E-state index is 12.9. The van der Waals surface area contributed by atoms with E-state index in [1.54, 1.807) is 36.4 Å². The molecule has 3 rings (SSSR count). The number of hydrogen-bond donors (Lipinski definition) is 1. The Bertz CT molecular complexity index is 1020. The average molecular weight is 375 g/mol. The van der Waals surface area contributed by atoms with E-state index in [4.69, 9.17) is 30.6 Å². The monoisotopic (exact) mass is 374 g/mol. The fourth-order valence-corrected chi connectivity index (χ4v) is 2.59. The number of fused-ring (bicyclic) bond motifs is 1. The van der Waals surface area contributed by atoms with Crippen LogP contribution in [0, 0.1) is 0 Å². The Hall–Kier alpha value is -2.99. The highest BCUT2D eigenvalue weighted by Gasteiger charge is 2.22. The minimum Gasteiger partial charge on any atom is -0.497 e. The van der Waals surface area contributed by atoms with Crippen molar-refractivity contribution in [1.82, 2.24) is 0 Å². The van der Waals surface area contributed by atoms with Gasteiger partial charge in [0.1, 0.15) is 11.3 Å². The third kappa shape index (κ3) is 3.36. The van der Waals surface area contributed by atoms with Gasteiger partial charge in [0.25, 0.3) is 0 Å². The minimum absolute atomic E-state index is 0.139. The topological polar surface area (TPSA) is 86.0 Å². The van der Waals surface area contributed by atoms with Gasteiger partial charge in [-0.3, -0.25) is 4.79 Å². The van der Waals surface area contributed by atoms with Gasteiger partial charge in [0.05, 0.1) is 12.5 Å². The van der Waals surface area contributed by atoms with E-state index < -0.39 is 17.5 Å². The van der Waals surface area contributed by atoms with Crippen molar-refractivity contribution >= 4 is 28.5 Å². The van der Waals surface area contributed by atoms with Crippen LogP contribution in [0.15, 0.2) is 51.7 Å². The molecular weight excluding hydrogens is 360 g/mol. The Labute approximate surface area is 153 Å². The number of hydrogen-bond acceptors (Lipinski definition) is 5. The van der Waals surface area contributed by atoms with Gasteiger partial charge >= 0.3 is 5.97 Å². The lowest BCUT2D eigenvalue weighted by molar-refractivity contribution is -0.144. The maximum Gasteiger partial charge on any atom is 0.344 e. The molecule has 0 aliphatic carbocycles. The van der Waals surface area contributed by atoms with Crippen LogP contribution in [-0.2, 0) is 4.79 Å². The summed E-state index contributed by atoms with van der Waals surface area (Å²) in [4.78, 5) is 24.1. The SMILES string of the molecule is COc1ccc(-c2oc3ccc(Cl)cc3c(=O)c2OC(C)C(=O)O)cc1. The molecule has 0 spiro atoms. The minimum atomic E-state index is -1.23. The van der Waals surface area contributed by atoms with E-state index in [-0.39, 0.29) is 16.9 Å². The van der Waals surface area contributed by atoms with Gasteiger partial charge in [-0.05, 0) is 49.4 Å². The molecule has 0 aliphatic rings. The Kier molecular flexibility index (Phi) is 4.86. The molecule has 0 amide bonds.